The predicted molar refractivity (Wildman–Crippen MR) is 93.9 cm³/mol. The second-order valence-electron chi connectivity index (χ2n) is 4.41. The van der Waals surface area contributed by atoms with E-state index < -0.39 is 17.7 Å². The number of hydrogen-bond acceptors (Lipinski definition) is 2. The van der Waals surface area contributed by atoms with Crippen LogP contribution in [0.3, 0.4) is 0 Å². The lowest BCUT2D eigenvalue weighted by Gasteiger charge is -2.19. The van der Waals surface area contributed by atoms with E-state index in [1.807, 2.05) is 13.0 Å². The molecule has 1 nitrogen and oxygen atoms in total. The van der Waals surface area contributed by atoms with Gasteiger partial charge >= 0.3 is 0 Å². The Morgan fingerprint density at radius 3 is 2.48 bits per heavy atom. The van der Waals surface area contributed by atoms with Crippen molar-refractivity contribution in [2.24, 2.45) is 0 Å². The lowest BCUT2D eigenvalue weighted by atomic mass is 10.0. The van der Waals surface area contributed by atoms with Gasteiger partial charge in [-0.3, -0.25) is 0 Å². The highest BCUT2D eigenvalue weighted by Gasteiger charge is 2.25. The second kappa shape index (κ2) is 7.64. The third-order valence-electron chi connectivity index (χ3n) is 2.92. The predicted octanol–water partition coefficient (Wildman–Crippen LogP) is 6.40. The third-order valence-corrected chi connectivity index (χ3v) is 6.85. The second-order valence-corrected chi connectivity index (χ2v) is 8.52. The van der Waals surface area contributed by atoms with Crippen LogP contribution in [0.1, 0.15) is 29.8 Å². The maximum atomic E-state index is 14.4. The van der Waals surface area contributed by atoms with Crippen molar-refractivity contribution >= 4 is 59.1 Å². The van der Waals surface area contributed by atoms with Crippen molar-refractivity contribution in [1.29, 1.82) is 0 Å². The van der Waals surface area contributed by atoms with Crippen LogP contribution in [0.2, 0.25) is 0 Å². The minimum absolute atomic E-state index is 0.0408. The Labute approximate surface area is 151 Å². The quantitative estimate of drug-likeness (QED) is 0.465. The topological polar surface area (TPSA) is 12.0 Å². The highest BCUT2D eigenvalue weighted by atomic mass is 79.9. The molecule has 0 aliphatic rings. The van der Waals surface area contributed by atoms with Gasteiger partial charge in [0.25, 0.3) is 0 Å². The van der Waals surface area contributed by atoms with E-state index in [0.29, 0.717) is 6.54 Å². The molecule has 0 saturated carbocycles. The van der Waals surface area contributed by atoms with Gasteiger partial charge in [-0.15, -0.1) is 11.3 Å². The van der Waals surface area contributed by atoms with Crippen LogP contribution in [0.15, 0.2) is 30.9 Å². The fourth-order valence-corrected chi connectivity index (χ4v) is 4.47. The van der Waals surface area contributed by atoms with Gasteiger partial charge in [0.05, 0.1) is 14.3 Å². The van der Waals surface area contributed by atoms with Crippen LogP contribution < -0.4 is 5.32 Å². The molecule has 1 aromatic carbocycles. The van der Waals surface area contributed by atoms with Crippen molar-refractivity contribution in [2.75, 3.05) is 6.54 Å². The molecule has 21 heavy (non-hydrogen) atoms. The van der Waals surface area contributed by atoms with Crippen molar-refractivity contribution in [2.45, 2.75) is 19.4 Å². The Hall–Kier alpha value is 0.180. The Morgan fingerprint density at radius 2 is 1.90 bits per heavy atom. The maximum absolute atomic E-state index is 14.4. The number of rotatable bonds is 5. The van der Waals surface area contributed by atoms with Crippen LogP contribution in [-0.4, -0.2) is 6.54 Å². The highest BCUT2D eigenvalue weighted by Crippen LogP contribution is 2.39. The molecule has 0 saturated heterocycles. The molecule has 114 valence electrons. The Bertz CT molecular complexity index is 626. The summed E-state index contributed by atoms with van der Waals surface area (Å²) >= 11 is 11.4. The summed E-state index contributed by atoms with van der Waals surface area (Å²) in [6.45, 7) is 2.68. The summed E-state index contributed by atoms with van der Waals surface area (Å²) in [5, 5.41) is 3.22. The average molecular weight is 504 g/mol. The summed E-state index contributed by atoms with van der Waals surface area (Å²) in [4.78, 5) is 0.845. The van der Waals surface area contributed by atoms with Crippen LogP contribution in [0.5, 0.6) is 0 Å². The van der Waals surface area contributed by atoms with Gasteiger partial charge in [0, 0.05) is 14.9 Å². The Kier molecular flexibility index (Phi) is 6.38. The van der Waals surface area contributed by atoms with E-state index in [-0.39, 0.29) is 10.0 Å². The molecule has 0 radical (unpaired) electrons. The van der Waals surface area contributed by atoms with E-state index in [9.17, 15) is 8.78 Å². The molecule has 0 fully saturated rings. The van der Waals surface area contributed by atoms with Gasteiger partial charge in [-0.2, -0.15) is 0 Å². The average Bonchev–Trinajstić information content (AvgIpc) is 2.78. The molecule has 0 aliphatic carbocycles. The molecule has 1 heterocycles. The monoisotopic (exact) mass is 501 g/mol. The number of nitrogens with one attached hydrogen (secondary N) is 1. The van der Waals surface area contributed by atoms with E-state index in [1.165, 1.54) is 23.5 Å². The third kappa shape index (κ3) is 3.93. The molecule has 0 amide bonds. The van der Waals surface area contributed by atoms with Gasteiger partial charge in [-0.25, -0.2) is 8.78 Å². The van der Waals surface area contributed by atoms with Crippen LogP contribution in [0.4, 0.5) is 8.78 Å². The number of thiophene rings is 1. The summed E-state index contributed by atoms with van der Waals surface area (Å²) in [6.07, 6.45) is 0.876. The maximum Gasteiger partial charge on any atom is 0.145 e. The van der Waals surface area contributed by atoms with Crippen LogP contribution in [-0.2, 0) is 0 Å². The molecule has 0 spiro atoms. The zero-order valence-electron chi connectivity index (χ0n) is 11.0. The first-order valence-corrected chi connectivity index (χ1v) is 9.46. The van der Waals surface area contributed by atoms with E-state index in [0.717, 1.165) is 19.6 Å². The molecule has 0 aliphatic heterocycles. The number of benzene rings is 1. The zero-order valence-corrected chi connectivity index (χ0v) is 16.6. The first kappa shape index (κ1) is 17.5. The summed E-state index contributed by atoms with van der Waals surface area (Å²) in [5.74, 6) is -1.12. The van der Waals surface area contributed by atoms with Crippen LogP contribution in [0, 0.1) is 11.6 Å². The number of halogens is 5. The fraction of sp³-hybridized carbons (Fsp3) is 0.286. The Balaban J connectivity index is 2.53. The zero-order chi connectivity index (χ0) is 15.6. The van der Waals surface area contributed by atoms with Crippen molar-refractivity contribution in [1.82, 2.24) is 5.32 Å². The van der Waals surface area contributed by atoms with Gasteiger partial charge in [0.2, 0.25) is 0 Å². The first-order chi connectivity index (χ1) is 9.95. The molecule has 7 heteroatoms. The highest BCUT2D eigenvalue weighted by molar-refractivity contribution is 9.13. The van der Waals surface area contributed by atoms with Gasteiger partial charge in [-0.05, 0) is 79.0 Å². The van der Waals surface area contributed by atoms with Gasteiger partial charge in [0.1, 0.15) is 11.6 Å². The fourth-order valence-electron chi connectivity index (χ4n) is 1.95. The molecule has 1 N–H and O–H groups in total. The SMILES string of the molecule is CCCNC(c1cc(Br)c(Br)s1)c1c(F)ccc(Br)c1F. The minimum Gasteiger partial charge on any atom is -0.305 e. The van der Waals surface area contributed by atoms with Crippen LogP contribution in [0.25, 0.3) is 0 Å². The van der Waals surface area contributed by atoms with Crippen molar-refractivity contribution in [3.8, 4) is 0 Å². The lowest BCUT2D eigenvalue weighted by Crippen LogP contribution is -2.24. The lowest BCUT2D eigenvalue weighted by molar-refractivity contribution is 0.503. The van der Waals surface area contributed by atoms with E-state index >= 15 is 0 Å². The number of hydrogen-bond donors (Lipinski definition) is 1. The molecule has 1 aromatic heterocycles. The molecular weight excluding hydrogens is 492 g/mol. The summed E-state index contributed by atoms with van der Waals surface area (Å²) in [7, 11) is 0. The molecule has 1 unspecified atom stereocenters. The summed E-state index contributed by atoms with van der Waals surface area (Å²) in [5.41, 5.74) is 0.0408. The molecule has 0 bridgehead atoms. The van der Waals surface area contributed by atoms with E-state index in [2.05, 4.69) is 53.1 Å². The summed E-state index contributed by atoms with van der Waals surface area (Å²) < 4.78 is 30.6. The van der Waals surface area contributed by atoms with Gasteiger partial charge in [0.15, 0.2) is 0 Å². The van der Waals surface area contributed by atoms with Crippen LogP contribution >= 0.6 is 59.1 Å². The molecule has 2 rings (SSSR count). The molecule has 2 aromatic rings. The standard InChI is InChI=1S/C14H12Br3F2NS/c1-2-5-20-13(10-6-8(16)14(17)21-10)11-9(18)4-3-7(15)12(11)19/h3-4,6,13,20H,2,5H2,1H3. The normalized spacial score (nSPS) is 12.7. The molecule has 1 atom stereocenters. The summed E-state index contributed by atoms with van der Waals surface area (Å²) in [6, 6.07) is 4.02. The first-order valence-electron chi connectivity index (χ1n) is 6.27. The van der Waals surface area contributed by atoms with Gasteiger partial charge < -0.3 is 5.32 Å². The van der Waals surface area contributed by atoms with E-state index in [1.54, 1.807) is 0 Å². The minimum atomic E-state index is -0.566. The van der Waals surface area contributed by atoms with Crippen molar-refractivity contribution in [3.63, 3.8) is 0 Å². The Morgan fingerprint density at radius 1 is 1.19 bits per heavy atom. The molecular formula is C14H12Br3F2NS. The largest absolute Gasteiger partial charge is 0.305 e. The smallest absolute Gasteiger partial charge is 0.145 e. The van der Waals surface area contributed by atoms with Crippen molar-refractivity contribution in [3.05, 3.63) is 53.0 Å². The van der Waals surface area contributed by atoms with E-state index in [4.69, 9.17) is 0 Å². The van der Waals surface area contributed by atoms with Gasteiger partial charge in [-0.1, -0.05) is 6.92 Å². The van der Waals surface area contributed by atoms with Crippen molar-refractivity contribution < 1.29 is 8.78 Å².